The molecule has 0 fully saturated rings. The minimum absolute atomic E-state index is 0.229. The van der Waals surface area contributed by atoms with Crippen LogP contribution in [0.2, 0.25) is 0 Å². The molecule has 11 heteroatoms. The molecule has 40 heavy (non-hydrogen) atoms. The topological polar surface area (TPSA) is 144 Å². The van der Waals surface area contributed by atoms with Crippen molar-refractivity contribution in [1.82, 2.24) is 5.43 Å². The van der Waals surface area contributed by atoms with Crippen LogP contribution in [0.3, 0.4) is 0 Å². The molecule has 0 saturated carbocycles. The molecule has 2 aromatic rings. The first-order chi connectivity index (χ1) is 18.5. The molecule has 4 rings (SSSR count). The maximum atomic E-state index is 12.8. The van der Waals surface area contributed by atoms with Crippen LogP contribution in [0.15, 0.2) is 75.1 Å². The summed E-state index contributed by atoms with van der Waals surface area (Å²) in [4.78, 5) is 24.5. The third kappa shape index (κ3) is 6.67. The predicted molar refractivity (Wildman–Crippen MR) is 148 cm³/mol. The van der Waals surface area contributed by atoms with Gasteiger partial charge in [0.1, 0.15) is 27.4 Å². The normalized spacial score (nSPS) is 12.9. The third-order valence-corrected chi connectivity index (χ3v) is 6.36. The van der Waals surface area contributed by atoms with E-state index in [1.54, 1.807) is 84.0 Å². The van der Waals surface area contributed by atoms with Crippen molar-refractivity contribution in [3.8, 4) is 22.5 Å². The van der Waals surface area contributed by atoms with Gasteiger partial charge in [0.15, 0.2) is 0 Å². The number of nitrogens with one attached hydrogen (secondary N) is 1. The largest absolute Gasteiger partial charge is 0.456 e. The Bertz CT molecular complexity index is 1760. The molecule has 1 amide bonds. The fourth-order valence-corrected chi connectivity index (χ4v) is 4.71. The molecule has 0 bridgehead atoms. The molecule has 0 atom stereocenters. The van der Waals surface area contributed by atoms with Gasteiger partial charge in [0.2, 0.25) is 0 Å². The standard InChI is InChI=1S/C29H30N2O8S/c1-28(2,3)38-26(32)17-11-13-19-22(15-17)37-23-16-18(30-31-27(33)39-29(4,5)6)12-14-20(23)25(19)21-9-7-8-10-24(21)40(34,35)36/h7-16H,1-6H3,(H,31,33)(H,34,35,36). The van der Waals surface area contributed by atoms with Crippen molar-refractivity contribution >= 4 is 33.1 Å². The van der Waals surface area contributed by atoms with Crippen molar-refractivity contribution in [3.05, 3.63) is 71.6 Å². The lowest BCUT2D eigenvalue weighted by Gasteiger charge is -2.20. The predicted octanol–water partition coefficient (Wildman–Crippen LogP) is 5.75. The van der Waals surface area contributed by atoms with Crippen LogP contribution in [0.4, 0.5) is 4.79 Å². The average Bonchev–Trinajstić information content (AvgIpc) is 2.83. The molecule has 1 aliphatic heterocycles. The lowest BCUT2D eigenvalue weighted by Crippen LogP contribution is -2.30. The monoisotopic (exact) mass is 566 g/mol. The van der Waals surface area contributed by atoms with Crippen molar-refractivity contribution in [3.63, 3.8) is 0 Å². The van der Waals surface area contributed by atoms with E-state index in [-0.39, 0.29) is 27.4 Å². The quantitative estimate of drug-likeness (QED) is 0.138. The van der Waals surface area contributed by atoms with Crippen LogP contribution in [0.5, 0.6) is 0 Å². The van der Waals surface area contributed by atoms with Crippen LogP contribution in [-0.2, 0) is 19.6 Å². The van der Waals surface area contributed by atoms with E-state index in [1.807, 2.05) is 0 Å². The molecule has 2 aliphatic rings. The van der Waals surface area contributed by atoms with Crippen molar-refractivity contribution in [1.29, 1.82) is 0 Å². The van der Waals surface area contributed by atoms with E-state index in [1.165, 1.54) is 18.2 Å². The molecule has 10 nitrogen and oxygen atoms in total. The van der Waals surface area contributed by atoms with Gasteiger partial charge in [-0.05, 0) is 77.9 Å². The maximum Gasteiger partial charge on any atom is 0.428 e. The second kappa shape index (κ2) is 10.4. The Labute approximate surface area is 231 Å². The Balaban J connectivity index is 1.96. The van der Waals surface area contributed by atoms with Gasteiger partial charge in [-0.3, -0.25) is 4.55 Å². The zero-order valence-electron chi connectivity index (χ0n) is 22.9. The van der Waals surface area contributed by atoms with Crippen molar-refractivity contribution in [2.45, 2.75) is 57.6 Å². The van der Waals surface area contributed by atoms with E-state index in [0.29, 0.717) is 21.9 Å². The Morgan fingerprint density at radius 2 is 1.55 bits per heavy atom. The first-order valence-corrected chi connectivity index (χ1v) is 13.8. The number of fused-ring (bicyclic) bond motifs is 2. The SMILES string of the molecule is CC(C)(C)OC(=O)NN=c1ccc2c(-c3ccccc3S(=O)(=O)O)c3ccc(C(=O)OC(C)(C)C)cc3oc-2c1. The Morgan fingerprint density at radius 1 is 0.875 bits per heavy atom. The zero-order chi connectivity index (χ0) is 29.5. The summed E-state index contributed by atoms with van der Waals surface area (Å²) in [6.45, 7) is 10.4. The number of ether oxygens (including phenoxy) is 2. The molecule has 0 aromatic heterocycles. The van der Waals surface area contributed by atoms with E-state index in [4.69, 9.17) is 13.9 Å². The van der Waals surface area contributed by atoms with Crippen LogP contribution in [-0.4, -0.2) is 36.2 Å². The molecule has 1 aliphatic carbocycles. The summed E-state index contributed by atoms with van der Waals surface area (Å²) >= 11 is 0. The molecular formula is C29H30N2O8S. The molecule has 0 unspecified atom stereocenters. The summed E-state index contributed by atoms with van der Waals surface area (Å²) < 4.78 is 51.4. The maximum absolute atomic E-state index is 12.8. The highest BCUT2D eigenvalue weighted by Crippen LogP contribution is 2.42. The minimum Gasteiger partial charge on any atom is -0.456 e. The Kier molecular flexibility index (Phi) is 7.48. The number of rotatable bonds is 4. The number of esters is 1. The van der Waals surface area contributed by atoms with E-state index in [2.05, 4.69) is 10.5 Å². The lowest BCUT2D eigenvalue weighted by atomic mass is 9.93. The highest BCUT2D eigenvalue weighted by Gasteiger charge is 2.25. The summed E-state index contributed by atoms with van der Waals surface area (Å²) in [6, 6.07) is 15.5. The molecule has 2 aromatic carbocycles. The summed E-state index contributed by atoms with van der Waals surface area (Å²) in [5.74, 6) is -0.281. The molecule has 0 radical (unpaired) electrons. The molecule has 0 spiro atoms. The van der Waals surface area contributed by atoms with Crippen LogP contribution >= 0.6 is 0 Å². The van der Waals surface area contributed by atoms with E-state index in [0.717, 1.165) is 0 Å². The van der Waals surface area contributed by atoms with Crippen molar-refractivity contribution < 1.29 is 36.5 Å². The molecular weight excluding hydrogens is 536 g/mol. The number of benzene rings is 3. The highest BCUT2D eigenvalue weighted by molar-refractivity contribution is 7.86. The summed E-state index contributed by atoms with van der Waals surface area (Å²) in [7, 11) is -4.59. The first kappa shape index (κ1) is 28.8. The second-order valence-corrected chi connectivity index (χ2v) is 12.5. The number of carbonyl (C=O) groups is 2. The van der Waals surface area contributed by atoms with Crippen LogP contribution in [0, 0.1) is 0 Å². The van der Waals surface area contributed by atoms with Gasteiger partial charge in [-0.15, -0.1) is 0 Å². The third-order valence-electron chi connectivity index (χ3n) is 5.45. The number of hydrogen-bond donors (Lipinski definition) is 2. The number of hydrogen-bond acceptors (Lipinski definition) is 8. The fraction of sp³-hybridized carbons (Fsp3) is 0.276. The van der Waals surface area contributed by atoms with Gasteiger partial charge in [0.25, 0.3) is 10.1 Å². The average molecular weight is 567 g/mol. The van der Waals surface area contributed by atoms with Crippen molar-refractivity contribution in [2.24, 2.45) is 5.10 Å². The fourth-order valence-electron chi connectivity index (χ4n) is 4.01. The highest BCUT2D eigenvalue weighted by atomic mass is 32.2. The first-order valence-electron chi connectivity index (χ1n) is 12.4. The molecule has 1 heterocycles. The second-order valence-electron chi connectivity index (χ2n) is 11.1. The Hall–Kier alpha value is -4.22. The lowest BCUT2D eigenvalue weighted by molar-refractivity contribution is 0.00691. The van der Waals surface area contributed by atoms with Crippen LogP contribution in [0.1, 0.15) is 51.9 Å². The van der Waals surface area contributed by atoms with Gasteiger partial charge in [-0.2, -0.15) is 13.5 Å². The van der Waals surface area contributed by atoms with Crippen LogP contribution in [0.25, 0.3) is 33.4 Å². The summed E-state index contributed by atoms with van der Waals surface area (Å²) in [5, 5.41) is 4.88. The van der Waals surface area contributed by atoms with Crippen LogP contribution < -0.4 is 10.8 Å². The smallest absolute Gasteiger partial charge is 0.428 e. The number of nitrogens with zero attached hydrogens (tertiary/aromatic N) is 1. The zero-order valence-corrected chi connectivity index (χ0v) is 23.8. The van der Waals surface area contributed by atoms with Gasteiger partial charge in [0, 0.05) is 28.1 Å². The van der Waals surface area contributed by atoms with E-state index < -0.39 is 33.4 Å². The number of amides is 1. The summed E-state index contributed by atoms with van der Waals surface area (Å²) in [6.07, 6.45) is -0.743. The molecule has 0 saturated heterocycles. The number of carbonyl (C=O) groups excluding carboxylic acids is 2. The van der Waals surface area contributed by atoms with E-state index in [9.17, 15) is 22.6 Å². The van der Waals surface area contributed by atoms with Gasteiger partial charge >= 0.3 is 12.1 Å². The van der Waals surface area contributed by atoms with Gasteiger partial charge in [-0.1, -0.05) is 18.2 Å². The Morgan fingerprint density at radius 3 is 2.20 bits per heavy atom. The van der Waals surface area contributed by atoms with Gasteiger partial charge in [-0.25, -0.2) is 15.0 Å². The van der Waals surface area contributed by atoms with E-state index >= 15 is 0 Å². The molecule has 2 N–H and O–H groups in total. The van der Waals surface area contributed by atoms with Crippen molar-refractivity contribution in [2.75, 3.05) is 0 Å². The molecule has 210 valence electrons. The summed E-state index contributed by atoms with van der Waals surface area (Å²) in [5.41, 5.74) is 2.57. The minimum atomic E-state index is -4.59. The van der Waals surface area contributed by atoms with Gasteiger partial charge in [0.05, 0.1) is 10.9 Å². The van der Waals surface area contributed by atoms with Gasteiger partial charge < -0.3 is 13.9 Å².